The van der Waals surface area contributed by atoms with E-state index in [1.54, 1.807) is 19.1 Å². The molecule has 4 heteroatoms. The number of aryl methyl sites for hydroxylation is 1. The fraction of sp³-hybridized carbons (Fsp3) is 0.462. The fourth-order valence-corrected chi connectivity index (χ4v) is 1.47. The minimum absolute atomic E-state index is 0.0436. The number of amides is 1. The van der Waals surface area contributed by atoms with E-state index in [9.17, 15) is 9.90 Å². The third-order valence-corrected chi connectivity index (χ3v) is 2.49. The molecule has 0 aliphatic heterocycles. The predicted molar refractivity (Wildman–Crippen MR) is 67.3 cm³/mol. The molecule has 0 spiro atoms. The normalized spacial score (nSPS) is 10.3. The standard InChI is InChI=1S/C13H19NO3/c1-4-7-17-8-12(15)14-11-6-5-9(2)13(16)10(11)3/h5-6,16H,4,7-8H2,1-3H3,(H,14,15). The number of hydrogen-bond acceptors (Lipinski definition) is 3. The van der Waals surface area contributed by atoms with Gasteiger partial charge in [-0.2, -0.15) is 0 Å². The lowest BCUT2D eigenvalue weighted by Gasteiger charge is -2.11. The Bertz CT molecular complexity index is 402. The van der Waals surface area contributed by atoms with Gasteiger partial charge in [-0.25, -0.2) is 0 Å². The highest BCUT2D eigenvalue weighted by molar-refractivity contribution is 5.92. The van der Waals surface area contributed by atoms with Crippen LogP contribution >= 0.6 is 0 Å². The monoisotopic (exact) mass is 237 g/mol. The number of ether oxygens (including phenoxy) is 1. The van der Waals surface area contributed by atoms with Crippen LogP contribution in [0.2, 0.25) is 0 Å². The molecule has 0 atom stereocenters. The topological polar surface area (TPSA) is 58.6 Å². The first-order valence-corrected chi connectivity index (χ1v) is 5.73. The van der Waals surface area contributed by atoms with Crippen LogP contribution in [-0.4, -0.2) is 24.2 Å². The maximum absolute atomic E-state index is 11.5. The molecule has 1 amide bonds. The number of anilines is 1. The Balaban J connectivity index is 2.63. The van der Waals surface area contributed by atoms with Gasteiger partial charge < -0.3 is 15.2 Å². The molecule has 0 saturated carbocycles. The van der Waals surface area contributed by atoms with Crippen LogP contribution < -0.4 is 5.32 Å². The summed E-state index contributed by atoms with van der Waals surface area (Å²) in [6, 6.07) is 3.55. The molecule has 1 rings (SSSR count). The van der Waals surface area contributed by atoms with E-state index in [0.717, 1.165) is 12.0 Å². The molecular formula is C13H19NO3. The number of benzene rings is 1. The van der Waals surface area contributed by atoms with Crippen molar-refractivity contribution in [3.63, 3.8) is 0 Å². The summed E-state index contributed by atoms with van der Waals surface area (Å²) >= 11 is 0. The Morgan fingerprint density at radius 2 is 2.12 bits per heavy atom. The van der Waals surface area contributed by atoms with Crippen molar-refractivity contribution >= 4 is 11.6 Å². The number of nitrogens with one attached hydrogen (secondary N) is 1. The molecule has 1 aromatic carbocycles. The van der Waals surface area contributed by atoms with Crippen LogP contribution in [-0.2, 0) is 9.53 Å². The third kappa shape index (κ3) is 3.75. The van der Waals surface area contributed by atoms with Crippen molar-refractivity contribution in [2.75, 3.05) is 18.5 Å². The lowest BCUT2D eigenvalue weighted by molar-refractivity contribution is -0.120. The number of carbonyl (C=O) groups excluding carboxylic acids is 1. The third-order valence-electron chi connectivity index (χ3n) is 2.49. The maximum Gasteiger partial charge on any atom is 0.250 e. The summed E-state index contributed by atoms with van der Waals surface area (Å²) in [6.07, 6.45) is 0.887. The van der Waals surface area contributed by atoms with E-state index in [0.29, 0.717) is 17.9 Å². The summed E-state index contributed by atoms with van der Waals surface area (Å²) in [6.45, 7) is 6.19. The van der Waals surface area contributed by atoms with Gasteiger partial charge in [0.25, 0.3) is 0 Å². The number of phenolic OH excluding ortho intramolecular Hbond substituents is 1. The van der Waals surface area contributed by atoms with E-state index < -0.39 is 0 Å². The summed E-state index contributed by atoms with van der Waals surface area (Å²) in [5.41, 5.74) is 2.09. The Morgan fingerprint density at radius 1 is 1.41 bits per heavy atom. The van der Waals surface area contributed by atoms with Gasteiger partial charge in [0.05, 0.1) is 0 Å². The second kappa shape index (κ2) is 6.25. The van der Waals surface area contributed by atoms with Gasteiger partial charge in [-0.05, 0) is 31.9 Å². The first-order valence-electron chi connectivity index (χ1n) is 5.73. The van der Waals surface area contributed by atoms with E-state index in [4.69, 9.17) is 4.74 Å². The van der Waals surface area contributed by atoms with Crippen LogP contribution in [0.15, 0.2) is 12.1 Å². The van der Waals surface area contributed by atoms with Crippen molar-refractivity contribution in [1.82, 2.24) is 0 Å². The molecule has 0 fully saturated rings. The minimum Gasteiger partial charge on any atom is -0.507 e. The zero-order valence-corrected chi connectivity index (χ0v) is 10.5. The van der Waals surface area contributed by atoms with Crippen LogP contribution in [0.25, 0.3) is 0 Å². The molecule has 0 saturated heterocycles. The lowest BCUT2D eigenvalue weighted by Crippen LogP contribution is -2.19. The summed E-state index contributed by atoms with van der Waals surface area (Å²) < 4.78 is 5.14. The SMILES string of the molecule is CCCOCC(=O)Nc1ccc(C)c(O)c1C. The summed E-state index contributed by atoms with van der Waals surface area (Å²) in [5, 5.41) is 12.4. The van der Waals surface area contributed by atoms with Gasteiger partial charge in [0.1, 0.15) is 12.4 Å². The minimum atomic E-state index is -0.204. The van der Waals surface area contributed by atoms with Crippen LogP contribution in [0.5, 0.6) is 5.75 Å². The highest BCUT2D eigenvalue weighted by Crippen LogP contribution is 2.27. The fourth-order valence-electron chi connectivity index (χ4n) is 1.47. The van der Waals surface area contributed by atoms with Crippen molar-refractivity contribution in [3.05, 3.63) is 23.3 Å². The molecule has 17 heavy (non-hydrogen) atoms. The summed E-state index contributed by atoms with van der Waals surface area (Å²) in [4.78, 5) is 11.5. The van der Waals surface area contributed by atoms with Crippen molar-refractivity contribution in [3.8, 4) is 5.75 Å². The molecule has 0 heterocycles. The van der Waals surface area contributed by atoms with Crippen LogP contribution in [0.4, 0.5) is 5.69 Å². The van der Waals surface area contributed by atoms with Crippen molar-refractivity contribution in [1.29, 1.82) is 0 Å². The molecule has 94 valence electrons. The van der Waals surface area contributed by atoms with E-state index in [2.05, 4.69) is 5.32 Å². The van der Waals surface area contributed by atoms with Gasteiger partial charge in [0.2, 0.25) is 5.91 Å². The number of hydrogen-bond donors (Lipinski definition) is 2. The summed E-state index contributed by atoms with van der Waals surface area (Å²) in [7, 11) is 0. The molecule has 0 bridgehead atoms. The van der Waals surface area contributed by atoms with E-state index in [1.165, 1.54) is 0 Å². The van der Waals surface area contributed by atoms with Gasteiger partial charge in [0, 0.05) is 17.9 Å². The second-order valence-electron chi connectivity index (χ2n) is 4.00. The lowest BCUT2D eigenvalue weighted by atomic mass is 10.1. The largest absolute Gasteiger partial charge is 0.507 e. The zero-order chi connectivity index (χ0) is 12.8. The summed E-state index contributed by atoms with van der Waals surface area (Å²) in [5.74, 6) is 0.0158. The molecule has 0 aliphatic carbocycles. The smallest absolute Gasteiger partial charge is 0.250 e. The number of aromatic hydroxyl groups is 1. The molecule has 1 aromatic rings. The molecule has 4 nitrogen and oxygen atoms in total. The molecule has 0 radical (unpaired) electrons. The molecule has 0 unspecified atom stereocenters. The van der Waals surface area contributed by atoms with E-state index >= 15 is 0 Å². The number of phenols is 1. The highest BCUT2D eigenvalue weighted by Gasteiger charge is 2.09. The first kappa shape index (κ1) is 13.5. The van der Waals surface area contributed by atoms with Gasteiger partial charge in [-0.3, -0.25) is 4.79 Å². The Kier molecular flexibility index (Phi) is 4.97. The van der Waals surface area contributed by atoms with Crippen molar-refractivity contribution in [2.24, 2.45) is 0 Å². The average Bonchev–Trinajstić information content (AvgIpc) is 2.30. The Labute approximate surface area is 102 Å². The zero-order valence-electron chi connectivity index (χ0n) is 10.5. The maximum atomic E-state index is 11.5. The van der Waals surface area contributed by atoms with Gasteiger partial charge in [-0.1, -0.05) is 13.0 Å². The predicted octanol–water partition coefficient (Wildman–Crippen LogP) is 2.37. The van der Waals surface area contributed by atoms with Crippen LogP contribution in [0.1, 0.15) is 24.5 Å². The Morgan fingerprint density at radius 3 is 2.76 bits per heavy atom. The average molecular weight is 237 g/mol. The molecule has 0 aliphatic rings. The highest BCUT2D eigenvalue weighted by atomic mass is 16.5. The van der Waals surface area contributed by atoms with E-state index in [1.807, 2.05) is 13.8 Å². The van der Waals surface area contributed by atoms with Crippen molar-refractivity contribution in [2.45, 2.75) is 27.2 Å². The molecule has 2 N–H and O–H groups in total. The molecule has 0 aromatic heterocycles. The van der Waals surface area contributed by atoms with Gasteiger partial charge in [-0.15, -0.1) is 0 Å². The van der Waals surface area contributed by atoms with Gasteiger partial charge in [0.15, 0.2) is 0 Å². The second-order valence-corrected chi connectivity index (χ2v) is 4.00. The Hall–Kier alpha value is -1.55. The molecular weight excluding hydrogens is 218 g/mol. The first-order chi connectivity index (χ1) is 8.06. The van der Waals surface area contributed by atoms with E-state index in [-0.39, 0.29) is 18.3 Å². The van der Waals surface area contributed by atoms with Crippen LogP contribution in [0, 0.1) is 13.8 Å². The quantitative estimate of drug-likeness (QED) is 0.773. The van der Waals surface area contributed by atoms with Crippen molar-refractivity contribution < 1.29 is 14.6 Å². The van der Waals surface area contributed by atoms with Gasteiger partial charge >= 0.3 is 0 Å². The number of rotatable bonds is 5. The van der Waals surface area contributed by atoms with Crippen LogP contribution in [0.3, 0.4) is 0 Å². The number of carbonyl (C=O) groups is 1.